The van der Waals surface area contributed by atoms with Gasteiger partial charge in [-0.3, -0.25) is 10.1 Å². The second kappa shape index (κ2) is 2.20. The molecular formula is CH5BO3. The molecule has 0 aliphatic rings. The maximum absolute atomic E-state index is 7.89. The summed E-state index contributed by atoms with van der Waals surface area (Å²) in [6, 6.07) is 0. The molecule has 2 N–H and O–H groups in total. The first-order chi connectivity index (χ1) is 2.27. The van der Waals surface area contributed by atoms with Crippen molar-refractivity contribution in [3.8, 4) is 0 Å². The Morgan fingerprint density at radius 2 is 2.00 bits per heavy atom. The minimum atomic E-state index is -1.06. The predicted octanol–water partition coefficient (Wildman–Crippen LogP) is -0.414. The van der Waals surface area contributed by atoms with Crippen molar-refractivity contribution in [1.82, 2.24) is 0 Å². The third-order valence-electron chi connectivity index (χ3n) is 0.153. The average Bonchev–Trinajstić information content (AvgIpc) is 1.38. The summed E-state index contributed by atoms with van der Waals surface area (Å²) in [7, 11) is -1.06. The fraction of sp³-hybridized carbons (Fsp3) is 1.00. The van der Waals surface area contributed by atoms with Crippen molar-refractivity contribution in [1.29, 1.82) is 0 Å². The highest BCUT2D eigenvalue weighted by atomic mass is 17.1. The van der Waals surface area contributed by atoms with Crippen LogP contribution in [-0.2, 0) is 4.81 Å². The molecule has 0 saturated heterocycles. The predicted molar refractivity (Wildman–Crippen MR) is 17.6 cm³/mol. The van der Waals surface area contributed by atoms with Crippen LogP contribution in [0.3, 0.4) is 0 Å². The summed E-state index contributed by atoms with van der Waals surface area (Å²) in [6.07, 6.45) is 0. The fourth-order valence-electron chi connectivity index (χ4n) is 0. The summed E-state index contributed by atoms with van der Waals surface area (Å²) in [4.78, 5) is 3.31. The van der Waals surface area contributed by atoms with Crippen LogP contribution in [-0.4, -0.2) is 17.4 Å². The number of hydrogen-bond donors (Lipinski definition) is 2. The Kier molecular flexibility index (Phi) is 2.17. The van der Waals surface area contributed by atoms with E-state index in [1.165, 1.54) is 6.82 Å². The minimum Gasteiger partial charge on any atom is -0.426 e. The molecule has 0 aromatic heterocycles. The summed E-state index contributed by atoms with van der Waals surface area (Å²) in [5.74, 6) is 0. The van der Waals surface area contributed by atoms with Crippen molar-refractivity contribution in [3.63, 3.8) is 0 Å². The summed E-state index contributed by atoms with van der Waals surface area (Å²) < 4.78 is 0. The molecule has 4 heteroatoms. The van der Waals surface area contributed by atoms with E-state index in [0.717, 1.165) is 0 Å². The molecule has 0 bridgehead atoms. The van der Waals surface area contributed by atoms with Gasteiger partial charge in [0.2, 0.25) is 0 Å². The Morgan fingerprint density at radius 1 is 1.80 bits per heavy atom. The quantitative estimate of drug-likeness (QED) is 0.253. The van der Waals surface area contributed by atoms with E-state index in [-0.39, 0.29) is 0 Å². The van der Waals surface area contributed by atoms with Gasteiger partial charge in [-0.25, -0.2) is 0 Å². The number of hydrogen-bond acceptors (Lipinski definition) is 3. The Hall–Kier alpha value is -0.0551. The maximum Gasteiger partial charge on any atom is 0.484 e. The molecule has 0 radical (unpaired) electrons. The van der Waals surface area contributed by atoms with E-state index in [9.17, 15) is 0 Å². The zero-order valence-corrected chi connectivity index (χ0v) is 2.88. The van der Waals surface area contributed by atoms with E-state index in [2.05, 4.69) is 4.81 Å². The van der Waals surface area contributed by atoms with Gasteiger partial charge < -0.3 is 5.02 Å². The van der Waals surface area contributed by atoms with E-state index in [1.54, 1.807) is 0 Å². The fourth-order valence-corrected chi connectivity index (χ4v) is 0. The highest BCUT2D eigenvalue weighted by molar-refractivity contribution is 6.40. The van der Waals surface area contributed by atoms with Crippen molar-refractivity contribution in [2.75, 3.05) is 0 Å². The molecule has 0 fully saturated rings. The molecule has 0 rings (SSSR count). The summed E-state index contributed by atoms with van der Waals surface area (Å²) >= 11 is 0. The van der Waals surface area contributed by atoms with Gasteiger partial charge in [0, 0.05) is 0 Å². The van der Waals surface area contributed by atoms with Crippen LogP contribution in [0.4, 0.5) is 0 Å². The Labute approximate surface area is 30.3 Å². The monoisotopic (exact) mass is 76.0 g/mol. The Bertz CT molecular complexity index is 20.9. The first kappa shape index (κ1) is 4.94. The van der Waals surface area contributed by atoms with Crippen LogP contribution in [0.1, 0.15) is 0 Å². The lowest BCUT2D eigenvalue weighted by Crippen LogP contribution is -2.07. The lowest BCUT2D eigenvalue weighted by molar-refractivity contribution is -0.156. The van der Waals surface area contributed by atoms with E-state index in [4.69, 9.17) is 10.3 Å². The van der Waals surface area contributed by atoms with Gasteiger partial charge >= 0.3 is 7.12 Å². The zero-order valence-electron chi connectivity index (χ0n) is 2.88. The molecule has 0 aliphatic carbocycles. The molecule has 0 atom stereocenters. The summed E-state index contributed by atoms with van der Waals surface area (Å²) in [5, 5.41) is 15.3. The van der Waals surface area contributed by atoms with Crippen LogP contribution < -0.4 is 0 Å². The molecule has 0 aromatic rings. The van der Waals surface area contributed by atoms with E-state index >= 15 is 0 Å². The molecular weight excluding hydrogens is 70.8 g/mol. The minimum absolute atomic E-state index is 1.06. The van der Waals surface area contributed by atoms with Crippen LogP contribution in [0, 0.1) is 0 Å². The van der Waals surface area contributed by atoms with Gasteiger partial charge in [0.1, 0.15) is 0 Å². The van der Waals surface area contributed by atoms with Crippen LogP contribution in [0.2, 0.25) is 6.82 Å². The molecule has 0 spiro atoms. The van der Waals surface area contributed by atoms with Gasteiger partial charge in [0.25, 0.3) is 0 Å². The highest BCUT2D eigenvalue weighted by Gasteiger charge is 1.97. The SMILES string of the molecule is CB(O)OO. The van der Waals surface area contributed by atoms with Crippen molar-refractivity contribution >= 4 is 7.12 Å². The molecule has 5 heavy (non-hydrogen) atoms. The third-order valence-corrected chi connectivity index (χ3v) is 0.153. The summed E-state index contributed by atoms with van der Waals surface area (Å²) in [5.41, 5.74) is 0. The van der Waals surface area contributed by atoms with Crippen molar-refractivity contribution in [2.24, 2.45) is 0 Å². The molecule has 0 amide bonds. The van der Waals surface area contributed by atoms with Gasteiger partial charge in [0.15, 0.2) is 0 Å². The lowest BCUT2D eigenvalue weighted by Gasteiger charge is -1.84. The van der Waals surface area contributed by atoms with Crippen LogP contribution >= 0.6 is 0 Å². The smallest absolute Gasteiger partial charge is 0.426 e. The molecule has 0 heterocycles. The standard InChI is InChI=1S/CH5BO3/c1-2(3)5-4/h3-4H,1H3. The largest absolute Gasteiger partial charge is 0.484 e. The number of rotatable bonds is 1. The lowest BCUT2D eigenvalue weighted by atomic mass is 9.98. The average molecular weight is 75.9 g/mol. The first-order valence-electron chi connectivity index (χ1n) is 1.25. The third kappa shape index (κ3) is 3.94. The van der Waals surface area contributed by atoms with Gasteiger partial charge in [-0.05, 0) is 6.82 Å². The van der Waals surface area contributed by atoms with Crippen molar-refractivity contribution in [2.45, 2.75) is 6.82 Å². The van der Waals surface area contributed by atoms with Crippen molar-refractivity contribution < 1.29 is 15.1 Å². The van der Waals surface area contributed by atoms with Gasteiger partial charge in [-0.15, -0.1) is 0 Å². The van der Waals surface area contributed by atoms with Crippen LogP contribution in [0.25, 0.3) is 0 Å². The Morgan fingerprint density at radius 3 is 2.00 bits per heavy atom. The van der Waals surface area contributed by atoms with Crippen LogP contribution in [0.5, 0.6) is 0 Å². The molecule has 30 valence electrons. The van der Waals surface area contributed by atoms with E-state index in [1.807, 2.05) is 0 Å². The van der Waals surface area contributed by atoms with E-state index in [0.29, 0.717) is 0 Å². The van der Waals surface area contributed by atoms with Crippen LogP contribution in [0.15, 0.2) is 0 Å². The van der Waals surface area contributed by atoms with E-state index < -0.39 is 7.12 Å². The normalized spacial score (nSPS) is 7.80. The molecule has 0 aromatic carbocycles. The molecule has 0 saturated carbocycles. The van der Waals surface area contributed by atoms with Gasteiger partial charge in [0.05, 0.1) is 0 Å². The first-order valence-corrected chi connectivity index (χ1v) is 1.25. The zero-order chi connectivity index (χ0) is 4.28. The Balaban J connectivity index is 2.54. The van der Waals surface area contributed by atoms with Crippen molar-refractivity contribution in [3.05, 3.63) is 0 Å². The van der Waals surface area contributed by atoms with Gasteiger partial charge in [-0.2, -0.15) is 0 Å². The molecule has 0 aliphatic heterocycles. The summed E-state index contributed by atoms with van der Waals surface area (Å²) in [6.45, 7) is 1.31. The van der Waals surface area contributed by atoms with Gasteiger partial charge in [-0.1, -0.05) is 0 Å². The molecule has 0 unspecified atom stereocenters. The second-order valence-corrected chi connectivity index (χ2v) is 0.705. The second-order valence-electron chi connectivity index (χ2n) is 0.705. The maximum atomic E-state index is 7.89. The highest BCUT2D eigenvalue weighted by Crippen LogP contribution is 1.66. The molecule has 3 nitrogen and oxygen atoms in total. The topological polar surface area (TPSA) is 49.7 Å².